The molecule has 188 valence electrons. The van der Waals surface area contributed by atoms with Crippen LogP contribution in [0.4, 0.5) is 0 Å². The Hall–Kier alpha value is -1.54. The molecule has 2 rings (SSSR count). The second-order valence-corrected chi connectivity index (χ2v) is 19.8. The van der Waals surface area contributed by atoms with Gasteiger partial charge in [-0.3, -0.25) is 0 Å². The van der Waals surface area contributed by atoms with Crippen LogP contribution in [0.1, 0.15) is 55.4 Å². The van der Waals surface area contributed by atoms with Gasteiger partial charge >= 0.3 is 0 Å². The highest BCUT2D eigenvalue weighted by Crippen LogP contribution is 2.38. The quantitative estimate of drug-likeness (QED) is 0.236. The average molecular weight is 499 g/mol. The van der Waals surface area contributed by atoms with Crippen molar-refractivity contribution in [1.82, 2.24) is 0 Å². The summed E-state index contributed by atoms with van der Waals surface area (Å²) in [5, 5.41) is 2.49. The van der Waals surface area contributed by atoms with Gasteiger partial charge in [0.15, 0.2) is 8.32 Å². The first-order valence-corrected chi connectivity index (χ1v) is 17.4. The maximum absolute atomic E-state index is 11.9. The Balaban J connectivity index is 2.48. The van der Waals surface area contributed by atoms with Crippen molar-refractivity contribution in [3.63, 3.8) is 0 Å². The van der Waals surface area contributed by atoms with Crippen molar-refractivity contribution in [3.8, 4) is 0 Å². The highest BCUT2D eigenvalue weighted by molar-refractivity contribution is 6.99. The van der Waals surface area contributed by atoms with Gasteiger partial charge in [-0.2, -0.15) is 0 Å². The molecule has 0 unspecified atom stereocenters. The first-order chi connectivity index (χ1) is 16.1. The van der Waals surface area contributed by atoms with Crippen LogP contribution in [0, 0.1) is 11.8 Å². The zero-order valence-corrected chi connectivity index (χ0v) is 24.6. The highest BCUT2D eigenvalue weighted by Gasteiger charge is 2.50. The molecular formula is C29H46O3Si2. The van der Waals surface area contributed by atoms with E-state index in [0.29, 0.717) is 6.61 Å². The van der Waals surface area contributed by atoms with Crippen LogP contribution >= 0.6 is 0 Å². The molecule has 0 amide bonds. The molecule has 0 heterocycles. The first kappa shape index (κ1) is 28.7. The molecule has 0 aliphatic carbocycles. The fourth-order valence-corrected chi connectivity index (χ4v) is 12.9. The molecule has 2 aromatic carbocycles. The Morgan fingerprint density at radius 1 is 0.824 bits per heavy atom. The van der Waals surface area contributed by atoms with Crippen LogP contribution in [0.5, 0.6) is 0 Å². The summed E-state index contributed by atoms with van der Waals surface area (Å²) in [4.78, 5) is 11.9. The van der Waals surface area contributed by atoms with Crippen molar-refractivity contribution in [2.75, 3.05) is 6.61 Å². The van der Waals surface area contributed by atoms with Crippen LogP contribution in [-0.2, 0) is 13.6 Å². The third-order valence-corrected chi connectivity index (χ3v) is 17.2. The molecule has 0 aliphatic heterocycles. The van der Waals surface area contributed by atoms with Crippen molar-refractivity contribution in [2.45, 2.75) is 84.7 Å². The standard InChI is InChI=1S/C29H46O3Si2/c1-9-33(10-2,11-3)32-28(24(4)22-30)25(5)23-31-34(29(6,7)8,26-18-14-12-15-19-26)27-20-16-13-17-21-27/h12-22,24-25,28H,9-11,23H2,1-8H3/t24-,25+,28-/m0/s1. The van der Waals surface area contributed by atoms with Crippen molar-refractivity contribution in [3.05, 3.63) is 60.7 Å². The van der Waals surface area contributed by atoms with Gasteiger partial charge in [-0.25, -0.2) is 0 Å². The zero-order valence-electron chi connectivity index (χ0n) is 22.6. The number of hydrogen-bond acceptors (Lipinski definition) is 3. The molecule has 3 nitrogen and oxygen atoms in total. The van der Waals surface area contributed by atoms with E-state index < -0.39 is 16.6 Å². The average Bonchev–Trinajstić information content (AvgIpc) is 2.85. The molecule has 3 atom stereocenters. The Bertz CT molecular complexity index is 812. The van der Waals surface area contributed by atoms with Gasteiger partial charge < -0.3 is 13.6 Å². The SMILES string of the molecule is CC[Si](CC)(CC)O[C@H]([C@H](C)CO[Si](c1ccccc1)(c1ccccc1)C(C)(C)C)[C@@H](C)C=O. The lowest BCUT2D eigenvalue weighted by atomic mass is 9.95. The van der Waals surface area contributed by atoms with E-state index in [4.69, 9.17) is 8.85 Å². The fraction of sp³-hybridized carbons (Fsp3) is 0.552. The lowest BCUT2D eigenvalue weighted by Crippen LogP contribution is -2.67. The largest absolute Gasteiger partial charge is 0.413 e. The van der Waals surface area contributed by atoms with Crippen molar-refractivity contribution in [1.29, 1.82) is 0 Å². The summed E-state index contributed by atoms with van der Waals surface area (Å²) in [6, 6.07) is 24.7. The molecule has 34 heavy (non-hydrogen) atoms. The molecule has 0 N–H and O–H groups in total. The summed E-state index contributed by atoms with van der Waals surface area (Å²) in [7, 11) is -4.48. The summed E-state index contributed by atoms with van der Waals surface area (Å²) in [6.07, 6.45) is 0.937. The molecule has 0 aromatic heterocycles. The maximum Gasteiger partial charge on any atom is 0.261 e. The summed E-state index contributed by atoms with van der Waals surface area (Å²) in [5.74, 6) is -0.0485. The second kappa shape index (κ2) is 12.4. The van der Waals surface area contributed by atoms with Crippen molar-refractivity contribution >= 4 is 33.3 Å². The van der Waals surface area contributed by atoms with Gasteiger partial charge in [-0.05, 0) is 33.5 Å². The topological polar surface area (TPSA) is 35.5 Å². The Morgan fingerprint density at radius 3 is 1.62 bits per heavy atom. The fourth-order valence-electron chi connectivity index (χ4n) is 5.22. The van der Waals surface area contributed by atoms with Crippen molar-refractivity contribution < 1.29 is 13.6 Å². The number of carbonyl (C=O) groups excluding carboxylic acids is 1. The minimum absolute atomic E-state index is 0.0726. The molecule has 2 aromatic rings. The number of hydrogen-bond donors (Lipinski definition) is 0. The van der Waals surface area contributed by atoms with E-state index in [1.165, 1.54) is 10.4 Å². The predicted molar refractivity (Wildman–Crippen MR) is 150 cm³/mol. The Morgan fingerprint density at radius 2 is 1.26 bits per heavy atom. The number of aldehydes is 1. The molecule has 0 aliphatic rings. The van der Waals surface area contributed by atoms with Gasteiger partial charge in [0.05, 0.1) is 6.10 Å². The van der Waals surface area contributed by atoms with Gasteiger partial charge in [0, 0.05) is 18.4 Å². The monoisotopic (exact) mass is 498 g/mol. The Labute approximate surface area is 210 Å². The number of carbonyl (C=O) groups is 1. The normalized spacial score (nSPS) is 15.5. The highest BCUT2D eigenvalue weighted by atomic mass is 28.4. The van der Waals surface area contributed by atoms with Crippen molar-refractivity contribution in [2.24, 2.45) is 11.8 Å². The van der Waals surface area contributed by atoms with E-state index in [1.54, 1.807) is 0 Å². The van der Waals surface area contributed by atoms with E-state index in [0.717, 1.165) is 24.4 Å². The lowest BCUT2D eigenvalue weighted by molar-refractivity contribution is -0.114. The molecule has 0 fully saturated rings. The van der Waals surface area contributed by atoms with E-state index in [9.17, 15) is 4.79 Å². The van der Waals surface area contributed by atoms with Crippen LogP contribution in [0.25, 0.3) is 0 Å². The molecule has 5 heteroatoms. The number of rotatable bonds is 13. The third kappa shape index (κ3) is 6.17. The molecule has 0 saturated carbocycles. The third-order valence-electron chi connectivity index (χ3n) is 7.59. The molecule has 0 radical (unpaired) electrons. The molecular weight excluding hydrogens is 452 g/mol. The lowest BCUT2D eigenvalue weighted by Gasteiger charge is -2.44. The van der Waals surface area contributed by atoms with Gasteiger partial charge in [0.25, 0.3) is 8.32 Å². The van der Waals surface area contributed by atoms with Crippen LogP contribution in [-0.4, -0.2) is 35.6 Å². The van der Waals surface area contributed by atoms with E-state index in [2.05, 4.69) is 109 Å². The minimum Gasteiger partial charge on any atom is -0.413 e. The molecule has 0 bridgehead atoms. The van der Waals surface area contributed by atoms with Crippen LogP contribution < -0.4 is 10.4 Å². The van der Waals surface area contributed by atoms with Crippen LogP contribution in [0.2, 0.25) is 23.2 Å². The minimum atomic E-state index is -2.62. The summed E-state index contributed by atoms with van der Waals surface area (Å²) >= 11 is 0. The maximum atomic E-state index is 11.9. The van der Waals surface area contributed by atoms with E-state index in [-0.39, 0.29) is 23.0 Å². The van der Waals surface area contributed by atoms with Gasteiger partial charge in [0.1, 0.15) is 6.29 Å². The summed E-state index contributed by atoms with van der Waals surface area (Å²) < 4.78 is 14.1. The van der Waals surface area contributed by atoms with E-state index >= 15 is 0 Å². The zero-order chi connectivity index (χ0) is 25.4. The second-order valence-electron chi connectivity index (χ2n) is 10.8. The summed E-state index contributed by atoms with van der Waals surface area (Å²) in [5.41, 5.74) is 0. The van der Waals surface area contributed by atoms with Gasteiger partial charge in [-0.15, -0.1) is 0 Å². The van der Waals surface area contributed by atoms with E-state index in [1.807, 2.05) is 6.92 Å². The predicted octanol–water partition coefficient (Wildman–Crippen LogP) is 6.42. The molecule has 0 saturated heterocycles. The molecule has 0 spiro atoms. The van der Waals surface area contributed by atoms with Gasteiger partial charge in [-0.1, -0.05) is 116 Å². The summed E-state index contributed by atoms with van der Waals surface area (Å²) in [6.45, 7) is 18.4. The Kier molecular flexibility index (Phi) is 10.5. The number of benzene rings is 2. The van der Waals surface area contributed by atoms with Gasteiger partial charge in [0.2, 0.25) is 0 Å². The smallest absolute Gasteiger partial charge is 0.261 e. The van der Waals surface area contributed by atoms with Crippen LogP contribution in [0.3, 0.4) is 0 Å². The van der Waals surface area contributed by atoms with Crippen LogP contribution in [0.15, 0.2) is 60.7 Å². The first-order valence-electron chi connectivity index (χ1n) is 13.0.